The van der Waals surface area contributed by atoms with Crippen molar-refractivity contribution in [1.29, 1.82) is 0 Å². The van der Waals surface area contributed by atoms with Crippen molar-refractivity contribution in [2.24, 2.45) is 0 Å². The van der Waals surface area contributed by atoms with E-state index in [4.69, 9.17) is 14.0 Å². The molecule has 0 aliphatic rings. The zero-order valence-electron chi connectivity index (χ0n) is 15.1. The van der Waals surface area contributed by atoms with Crippen LogP contribution in [0.1, 0.15) is 0 Å². The van der Waals surface area contributed by atoms with Crippen molar-refractivity contribution in [2.75, 3.05) is 19.0 Å². The summed E-state index contributed by atoms with van der Waals surface area (Å²) in [6.07, 6.45) is 0. The molecule has 0 unspecified atom stereocenters. The summed E-state index contributed by atoms with van der Waals surface area (Å²) in [5.41, 5.74) is 0.806. The second-order valence-corrected chi connectivity index (χ2v) is 5.96. The third-order valence-corrected chi connectivity index (χ3v) is 4.13. The number of carbonyl (C=O) groups excluding carboxylic acids is 1. The quantitative estimate of drug-likeness (QED) is 0.550. The Hall–Kier alpha value is -3.87. The van der Waals surface area contributed by atoms with E-state index in [0.717, 1.165) is 16.3 Å². The first-order chi connectivity index (χ1) is 13.7. The molecule has 1 aromatic heterocycles. The number of ether oxygens (including phenoxy) is 2. The Morgan fingerprint density at radius 1 is 1.00 bits per heavy atom. The summed E-state index contributed by atoms with van der Waals surface area (Å²) in [5, 5.41) is 8.46. The van der Waals surface area contributed by atoms with E-state index in [2.05, 4.69) is 15.5 Å². The molecule has 0 fully saturated rings. The third kappa shape index (κ3) is 3.78. The van der Waals surface area contributed by atoms with Crippen LogP contribution in [0.3, 0.4) is 0 Å². The lowest BCUT2D eigenvalue weighted by molar-refractivity contribution is -0.118. The van der Waals surface area contributed by atoms with E-state index in [1.165, 1.54) is 0 Å². The predicted molar refractivity (Wildman–Crippen MR) is 104 cm³/mol. The number of hydrogen-bond donors (Lipinski definition) is 1. The van der Waals surface area contributed by atoms with Gasteiger partial charge in [0.25, 0.3) is 17.7 Å². The van der Waals surface area contributed by atoms with Crippen molar-refractivity contribution >= 4 is 22.6 Å². The van der Waals surface area contributed by atoms with E-state index in [9.17, 15) is 4.79 Å². The van der Waals surface area contributed by atoms with Crippen LogP contribution in [-0.2, 0) is 4.79 Å². The Kier molecular flexibility index (Phi) is 4.88. The largest absolute Gasteiger partial charge is 0.497 e. The zero-order valence-corrected chi connectivity index (χ0v) is 15.1. The molecule has 0 aliphatic carbocycles. The summed E-state index contributed by atoms with van der Waals surface area (Å²) in [7, 11) is 1.58. The number of benzene rings is 3. The van der Waals surface area contributed by atoms with Gasteiger partial charge in [0.2, 0.25) is 0 Å². The van der Waals surface area contributed by atoms with Gasteiger partial charge in [-0.2, -0.15) is 4.98 Å². The lowest BCUT2D eigenvalue weighted by atomic mass is 10.0. The van der Waals surface area contributed by atoms with Crippen LogP contribution in [0.5, 0.6) is 11.5 Å². The van der Waals surface area contributed by atoms with Crippen LogP contribution >= 0.6 is 0 Å². The Morgan fingerprint density at radius 3 is 2.57 bits per heavy atom. The van der Waals surface area contributed by atoms with E-state index >= 15 is 0 Å². The van der Waals surface area contributed by atoms with E-state index in [1.54, 1.807) is 31.4 Å². The minimum atomic E-state index is -0.388. The molecule has 0 saturated heterocycles. The van der Waals surface area contributed by atoms with Crippen LogP contribution in [-0.4, -0.2) is 29.8 Å². The normalized spacial score (nSPS) is 10.6. The second-order valence-electron chi connectivity index (χ2n) is 5.96. The van der Waals surface area contributed by atoms with Gasteiger partial charge in [-0.1, -0.05) is 36.4 Å². The summed E-state index contributed by atoms with van der Waals surface area (Å²) in [6.45, 7) is -0.176. The fourth-order valence-corrected chi connectivity index (χ4v) is 2.78. The summed E-state index contributed by atoms with van der Waals surface area (Å²) in [6, 6.07) is 20.7. The van der Waals surface area contributed by atoms with Gasteiger partial charge in [-0.15, -0.1) is 0 Å². The molecule has 0 atom stereocenters. The number of hydrogen-bond acceptors (Lipinski definition) is 6. The minimum Gasteiger partial charge on any atom is -0.497 e. The van der Waals surface area contributed by atoms with Gasteiger partial charge >= 0.3 is 0 Å². The second kappa shape index (κ2) is 7.79. The number of nitrogens with one attached hydrogen (secondary N) is 1. The molecule has 0 saturated carbocycles. The summed E-state index contributed by atoms with van der Waals surface area (Å²) in [4.78, 5) is 16.4. The molecule has 140 valence electrons. The van der Waals surface area contributed by atoms with Crippen molar-refractivity contribution in [3.05, 3.63) is 66.7 Å². The minimum absolute atomic E-state index is 0.0891. The molecule has 4 rings (SSSR count). The van der Waals surface area contributed by atoms with Gasteiger partial charge in [0.05, 0.1) is 7.11 Å². The lowest BCUT2D eigenvalue weighted by Gasteiger charge is -2.06. The highest BCUT2D eigenvalue weighted by atomic mass is 16.5. The summed E-state index contributed by atoms with van der Waals surface area (Å²) in [5.74, 6) is 1.31. The molecule has 0 aliphatic heterocycles. The smallest absolute Gasteiger partial charge is 0.270 e. The van der Waals surface area contributed by atoms with Crippen molar-refractivity contribution in [2.45, 2.75) is 0 Å². The Balaban J connectivity index is 1.42. The Morgan fingerprint density at radius 2 is 1.75 bits per heavy atom. The lowest BCUT2D eigenvalue weighted by Crippen LogP contribution is -2.20. The highest BCUT2D eigenvalue weighted by Gasteiger charge is 2.14. The molecule has 7 nitrogen and oxygen atoms in total. The fourth-order valence-electron chi connectivity index (χ4n) is 2.78. The summed E-state index contributed by atoms with van der Waals surface area (Å²) >= 11 is 0. The molecule has 1 heterocycles. The van der Waals surface area contributed by atoms with Crippen LogP contribution < -0.4 is 14.8 Å². The maximum Gasteiger partial charge on any atom is 0.270 e. The number of anilines is 1. The van der Waals surface area contributed by atoms with Gasteiger partial charge in [-0.3, -0.25) is 10.1 Å². The van der Waals surface area contributed by atoms with Crippen LogP contribution in [0.4, 0.5) is 5.95 Å². The topological polar surface area (TPSA) is 86.5 Å². The van der Waals surface area contributed by atoms with Crippen molar-refractivity contribution in [3.8, 4) is 23.0 Å². The van der Waals surface area contributed by atoms with Crippen LogP contribution in [0, 0.1) is 0 Å². The third-order valence-electron chi connectivity index (χ3n) is 4.13. The molecule has 0 radical (unpaired) electrons. The zero-order chi connectivity index (χ0) is 19.3. The highest BCUT2D eigenvalue weighted by Crippen LogP contribution is 2.27. The van der Waals surface area contributed by atoms with Crippen molar-refractivity contribution < 1.29 is 18.8 Å². The van der Waals surface area contributed by atoms with Gasteiger partial charge < -0.3 is 14.0 Å². The molecule has 0 bridgehead atoms. The Bertz CT molecular complexity index is 1100. The number of methoxy groups -OCH3 is 1. The van der Waals surface area contributed by atoms with E-state index in [-0.39, 0.29) is 18.5 Å². The number of carbonyl (C=O) groups is 1. The van der Waals surface area contributed by atoms with E-state index < -0.39 is 0 Å². The first-order valence-electron chi connectivity index (χ1n) is 8.61. The molecule has 1 amide bonds. The van der Waals surface area contributed by atoms with Crippen molar-refractivity contribution in [1.82, 2.24) is 10.1 Å². The number of nitrogens with zero attached hydrogens (tertiary/aromatic N) is 2. The summed E-state index contributed by atoms with van der Waals surface area (Å²) < 4.78 is 15.8. The molecule has 28 heavy (non-hydrogen) atoms. The van der Waals surface area contributed by atoms with Gasteiger partial charge in [0, 0.05) is 5.56 Å². The number of fused-ring (bicyclic) bond motifs is 1. The SMILES string of the molecule is COc1ccc(OCC(=O)Nc2noc(-c3cccc4ccccc34)n2)cc1. The molecule has 4 aromatic rings. The van der Waals surface area contributed by atoms with Crippen LogP contribution in [0.25, 0.3) is 22.2 Å². The molecular weight excluding hydrogens is 358 g/mol. The van der Waals surface area contributed by atoms with Gasteiger partial charge in [-0.25, -0.2) is 0 Å². The van der Waals surface area contributed by atoms with Crippen LogP contribution in [0.2, 0.25) is 0 Å². The van der Waals surface area contributed by atoms with E-state index in [1.807, 2.05) is 42.5 Å². The number of amides is 1. The fraction of sp³-hybridized carbons (Fsp3) is 0.0952. The maximum atomic E-state index is 12.1. The molecule has 0 spiro atoms. The predicted octanol–water partition coefficient (Wildman–Crippen LogP) is 3.92. The molecule has 7 heteroatoms. The first kappa shape index (κ1) is 17.5. The highest BCUT2D eigenvalue weighted by molar-refractivity contribution is 5.95. The van der Waals surface area contributed by atoms with Crippen LogP contribution in [0.15, 0.2) is 71.3 Å². The van der Waals surface area contributed by atoms with E-state index in [0.29, 0.717) is 17.4 Å². The molecular formula is C21H17N3O4. The standard InChI is InChI=1S/C21H17N3O4/c1-26-15-9-11-16(12-10-15)27-13-19(25)22-21-23-20(28-24-21)18-8-4-6-14-5-2-3-7-17(14)18/h2-12H,13H2,1H3,(H,22,24,25). The monoisotopic (exact) mass is 375 g/mol. The van der Waals surface area contributed by atoms with Gasteiger partial charge in [0.1, 0.15) is 11.5 Å². The average Bonchev–Trinajstić information content (AvgIpc) is 3.20. The maximum absolute atomic E-state index is 12.1. The van der Waals surface area contributed by atoms with Gasteiger partial charge in [0.15, 0.2) is 6.61 Å². The van der Waals surface area contributed by atoms with Crippen molar-refractivity contribution in [3.63, 3.8) is 0 Å². The Labute approximate surface area is 160 Å². The first-order valence-corrected chi connectivity index (χ1v) is 8.61. The molecule has 1 N–H and O–H groups in total. The molecule has 3 aromatic carbocycles. The van der Waals surface area contributed by atoms with Gasteiger partial charge in [-0.05, 0) is 46.3 Å². The number of rotatable bonds is 6. The average molecular weight is 375 g/mol. The number of aromatic nitrogens is 2.